The van der Waals surface area contributed by atoms with Gasteiger partial charge in [0.1, 0.15) is 11.2 Å². The van der Waals surface area contributed by atoms with Gasteiger partial charge in [-0.2, -0.15) is 9.97 Å². The van der Waals surface area contributed by atoms with Crippen molar-refractivity contribution in [3.05, 3.63) is 206 Å². The van der Waals surface area contributed by atoms with Crippen molar-refractivity contribution in [2.75, 3.05) is 0 Å². The number of nitrogens with zero attached hydrogens (tertiary/aromatic N) is 6. The molecule has 0 aliphatic rings. The van der Waals surface area contributed by atoms with Gasteiger partial charge in [-0.15, -0.1) is 0 Å². The minimum absolute atomic E-state index is 0.523. The minimum atomic E-state index is 0.523. The second-order valence-corrected chi connectivity index (χ2v) is 16.4. The lowest BCUT2D eigenvalue weighted by Crippen LogP contribution is -2.07. The molecule has 0 saturated heterocycles. The third-order valence-electron chi connectivity index (χ3n) is 12.9. The first-order valence-corrected chi connectivity index (χ1v) is 21.5. The van der Waals surface area contributed by atoms with Crippen LogP contribution in [0.3, 0.4) is 0 Å². The lowest BCUT2D eigenvalue weighted by molar-refractivity contribution is 0.669. The quantitative estimate of drug-likeness (QED) is 0.173. The predicted molar refractivity (Wildman–Crippen MR) is 261 cm³/mol. The Morgan fingerprint density at radius 2 is 0.844 bits per heavy atom. The Morgan fingerprint density at radius 1 is 0.328 bits per heavy atom. The Kier molecular flexibility index (Phi) is 7.27. The molecule has 7 nitrogen and oxygen atoms in total. The van der Waals surface area contributed by atoms with Crippen LogP contribution in [0.5, 0.6) is 0 Å². The molecule has 0 amide bonds. The van der Waals surface area contributed by atoms with Crippen molar-refractivity contribution in [2.24, 2.45) is 0 Å². The Hall–Kier alpha value is -8.81. The average Bonchev–Trinajstić information content (AvgIpc) is 4.10. The number of hydrogen-bond acceptors (Lipinski definition) is 4. The van der Waals surface area contributed by atoms with Crippen LogP contribution in [0.1, 0.15) is 0 Å². The van der Waals surface area contributed by atoms with Crippen LogP contribution in [0.2, 0.25) is 0 Å². The molecule has 14 rings (SSSR count). The van der Waals surface area contributed by atoms with Gasteiger partial charge in [-0.05, 0) is 60.7 Å². The van der Waals surface area contributed by atoms with E-state index in [-0.39, 0.29) is 0 Å². The van der Waals surface area contributed by atoms with Crippen LogP contribution in [0.15, 0.2) is 211 Å². The van der Waals surface area contributed by atoms with E-state index in [9.17, 15) is 0 Å². The van der Waals surface area contributed by atoms with Crippen molar-refractivity contribution < 1.29 is 4.42 Å². The number of para-hydroxylation sites is 6. The molecular formula is C57H34N6O. The molecule has 5 heterocycles. The van der Waals surface area contributed by atoms with Gasteiger partial charge in [-0.3, -0.25) is 4.57 Å². The molecule has 14 aromatic rings. The Bertz CT molecular complexity index is 4140. The first kappa shape index (κ1) is 34.9. The topological polar surface area (TPSA) is 66.6 Å². The number of fused-ring (bicyclic) bond motifs is 13. The molecule has 0 radical (unpaired) electrons. The molecule has 7 heteroatoms. The van der Waals surface area contributed by atoms with Gasteiger partial charge in [-0.25, -0.2) is 4.98 Å². The fraction of sp³-hybridized carbons (Fsp3) is 0. The molecule has 0 aliphatic heterocycles. The monoisotopic (exact) mass is 818 g/mol. The van der Waals surface area contributed by atoms with Gasteiger partial charge in [0, 0.05) is 59.9 Å². The highest BCUT2D eigenvalue weighted by atomic mass is 16.3. The smallest absolute Gasteiger partial charge is 0.238 e. The van der Waals surface area contributed by atoms with Crippen molar-refractivity contribution in [1.29, 1.82) is 0 Å². The lowest BCUT2D eigenvalue weighted by atomic mass is 10.0. The van der Waals surface area contributed by atoms with Crippen LogP contribution >= 0.6 is 0 Å². The Morgan fingerprint density at radius 3 is 1.53 bits per heavy atom. The first-order chi connectivity index (χ1) is 31.8. The molecule has 0 N–H and O–H groups in total. The van der Waals surface area contributed by atoms with Crippen molar-refractivity contribution in [1.82, 2.24) is 28.7 Å². The zero-order valence-electron chi connectivity index (χ0n) is 34.2. The summed E-state index contributed by atoms with van der Waals surface area (Å²) in [7, 11) is 0. The maximum absolute atomic E-state index is 6.39. The maximum Gasteiger partial charge on any atom is 0.238 e. The minimum Gasteiger partial charge on any atom is -0.456 e. The van der Waals surface area contributed by atoms with Gasteiger partial charge in [0.2, 0.25) is 5.95 Å². The highest BCUT2D eigenvalue weighted by Crippen LogP contribution is 2.46. The standard InChI is InChI=1S/C57H34N6O/c1-3-17-35(18-4-1)55-58-56(36-31-32-41-40-23-11-16-30-50(40)64-51(41)33-36)60-57(59-55)63-47-29-15-10-25-43(47)53-49(63)34-48(62-44-26-12-7-21-38(44)39-22-8-13-27-45(39)62)52-42-24-9-14-28-46(42)61(54(52)53)37-19-5-2-6-20-37/h1-34H. The van der Waals surface area contributed by atoms with Crippen LogP contribution in [-0.2, 0) is 0 Å². The average molecular weight is 819 g/mol. The zero-order chi connectivity index (χ0) is 41.9. The van der Waals surface area contributed by atoms with E-state index in [0.717, 1.165) is 88.3 Å². The summed E-state index contributed by atoms with van der Waals surface area (Å²) in [6.07, 6.45) is 0. The zero-order valence-corrected chi connectivity index (χ0v) is 34.2. The van der Waals surface area contributed by atoms with Gasteiger partial charge in [-0.1, -0.05) is 146 Å². The number of benzene rings is 9. The summed E-state index contributed by atoms with van der Waals surface area (Å²) in [4.78, 5) is 16.0. The van der Waals surface area contributed by atoms with Crippen LogP contribution in [0, 0.1) is 0 Å². The molecule has 0 spiro atoms. The highest BCUT2D eigenvalue weighted by Gasteiger charge is 2.27. The van der Waals surface area contributed by atoms with Gasteiger partial charge in [0.05, 0.1) is 38.8 Å². The summed E-state index contributed by atoms with van der Waals surface area (Å²) >= 11 is 0. The summed E-state index contributed by atoms with van der Waals surface area (Å²) < 4.78 is 13.5. The third-order valence-corrected chi connectivity index (χ3v) is 12.9. The van der Waals surface area contributed by atoms with Gasteiger partial charge >= 0.3 is 0 Å². The van der Waals surface area contributed by atoms with Crippen LogP contribution in [0.25, 0.3) is 127 Å². The van der Waals surface area contributed by atoms with Crippen molar-refractivity contribution >= 4 is 87.4 Å². The summed E-state index contributed by atoms with van der Waals surface area (Å²) in [5.74, 6) is 1.66. The van der Waals surface area contributed by atoms with Crippen LogP contribution in [-0.4, -0.2) is 28.7 Å². The number of hydrogen-bond donors (Lipinski definition) is 0. The number of aromatic nitrogens is 6. The predicted octanol–water partition coefficient (Wildman–Crippen LogP) is 14.4. The second kappa shape index (κ2) is 13.3. The summed E-state index contributed by atoms with van der Waals surface area (Å²) in [6, 6.07) is 72.6. The molecule has 0 atom stereocenters. The van der Waals surface area contributed by atoms with E-state index in [1.54, 1.807) is 0 Å². The number of furan rings is 1. The SMILES string of the molecule is c1ccc(-c2nc(-c3ccc4c(c3)oc3ccccc34)nc(-n3c4ccccc4c4c3cc(-n3c5ccccc5c5ccccc53)c3c5ccccc5n(-c5ccccc5)c34)n2)cc1. The van der Waals surface area contributed by atoms with Crippen LogP contribution < -0.4 is 0 Å². The van der Waals surface area contributed by atoms with E-state index < -0.39 is 0 Å². The highest BCUT2D eigenvalue weighted by molar-refractivity contribution is 6.29. The largest absolute Gasteiger partial charge is 0.456 e. The van der Waals surface area contributed by atoms with E-state index in [1.807, 2.05) is 36.4 Å². The lowest BCUT2D eigenvalue weighted by Gasteiger charge is -2.15. The Labute approximate surface area is 365 Å². The summed E-state index contributed by atoms with van der Waals surface area (Å²) in [5.41, 5.74) is 12.0. The molecular weight excluding hydrogens is 785 g/mol. The maximum atomic E-state index is 6.39. The fourth-order valence-electron chi connectivity index (χ4n) is 10.2. The molecule has 0 aliphatic carbocycles. The van der Waals surface area contributed by atoms with E-state index in [0.29, 0.717) is 17.6 Å². The Balaban J connectivity index is 1.16. The van der Waals surface area contributed by atoms with E-state index >= 15 is 0 Å². The fourth-order valence-corrected chi connectivity index (χ4v) is 10.2. The van der Waals surface area contributed by atoms with Crippen molar-refractivity contribution in [2.45, 2.75) is 0 Å². The van der Waals surface area contributed by atoms with E-state index in [1.165, 1.54) is 21.5 Å². The van der Waals surface area contributed by atoms with Crippen LogP contribution in [0.4, 0.5) is 0 Å². The van der Waals surface area contributed by atoms with Crippen molar-refractivity contribution in [3.63, 3.8) is 0 Å². The normalized spacial score (nSPS) is 12.1. The van der Waals surface area contributed by atoms with E-state index in [4.69, 9.17) is 19.4 Å². The molecule has 0 bridgehead atoms. The van der Waals surface area contributed by atoms with Crippen molar-refractivity contribution in [3.8, 4) is 40.1 Å². The van der Waals surface area contributed by atoms with Gasteiger partial charge in [0.15, 0.2) is 11.6 Å². The molecule has 9 aromatic carbocycles. The van der Waals surface area contributed by atoms with Gasteiger partial charge < -0.3 is 13.6 Å². The molecule has 0 unspecified atom stereocenters. The molecule has 0 saturated carbocycles. The molecule has 64 heavy (non-hydrogen) atoms. The molecule has 0 fully saturated rings. The molecule has 298 valence electrons. The number of rotatable bonds is 5. The summed E-state index contributed by atoms with van der Waals surface area (Å²) in [5, 5.41) is 9.09. The second-order valence-electron chi connectivity index (χ2n) is 16.4. The first-order valence-electron chi connectivity index (χ1n) is 21.5. The molecule has 5 aromatic heterocycles. The summed E-state index contributed by atoms with van der Waals surface area (Å²) in [6.45, 7) is 0. The van der Waals surface area contributed by atoms with E-state index in [2.05, 4.69) is 184 Å². The third kappa shape index (κ3) is 4.94. The van der Waals surface area contributed by atoms with Gasteiger partial charge in [0.25, 0.3) is 0 Å².